The van der Waals surface area contributed by atoms with Gasteiger partial charge in [-0.15, -0.1) is 0 Å². The van der Waals surface area contributed by atoms with Crippen molar-refractivity contribution in [1.29, 1.82) is 0 Å². The molecule has 0 aliphatic carbocycles. The minimum atomic E-state index is -0.790. The fourth-order valence-corrected chi connectivity index (χ4v) is 5.69. The molecule has 5 aromatic rings. The van der Waals surface area contributed by atoms with E-state index in [2.05, 4.69) is 10.3 Å². The minimum Gasteiger partial charge on any atom is -0.497 e. The Bertz CT molecular complexity index is 1970. The van der Waals surface area contributed by atoms with E-state index in [1.807, 2.05) is 98.3 Å². The van der Waals surface area contributed by atoms with E-state index in [4.69, 9.17) is 33.2 Å². The minimum absolute atomic E-state index is 0.125. The van der Waals surface area contributed by atoms with Gasteiger partial charge in [-0.3, -0.25) is 0 Å². The first-order valence-corrected chi connectivity index (χ1v) is 17.3. The van der Waals surface area contributed by atoms with E-state index in [0.717, 1.165) is 33.9 Å². The highest BCUT2D eigenvalue weighted by molar-refractivity contribution is 5.67. The quantitative estimate of drug-likeness (QED) is 0.116. The Morgan fingerprint density at radius 3 is 2.08 bits per heavy atom. The first-order valence-electron chi connectivity index (χ1n) is 17.3. The van der Waals surface area contributed by atoms with Crippen LogP contribution in [0.4, 0.5) is 4.79 Å². The van der Waals surface area contributed by atoms with Crippen LogP contribution < -0.4 is 33.7 Å². The molecular weight excluding hydrogens is 678 g/mol. The van der Waals surface area contributed by atoms with E-state index in [1.54, 1.807) is 38.7 Å². The van der Waals surface area contributed by atoms with Gasteiger partial charge in [0.2, 0.25) is 0 Å². The largest absolute Gasteiger partial charge is 0.497 e. The maximum atomic E-state index is 12.2. The molecule has 2 atom stereocenters. The molecule has 2 N–H and O–H groups in total. The van der Waals surface area contributed by atoms with Crippen molar-refractivity contribution in [1.82, 2.24) is 14.9 Å². The lowest BCUT2D eigenvalue weighted by molar-refractivity contribution is 0.0147. The number of carbonyl (C=O) groups excluding carboxylic acids is 1. The number of methoxy groups -OCH3 is 2. The van der Waals surface area contributed by atoms with Gasteiger partial charge in [0.15, 0.2) is 23.0 Å². The Labute approximate surface area is 309 Å². The Balaban J connectivity index is 1.29. The zero-order valence-corrected chi connectivity index (χ0v) is 30.5. The maximum Gasteiger partial charge on any atom is 0.407 e. The highest BCUT2D eigenvalue weighted by atomic mass is 16.7. The van der Waals surface area contributed by atoms with Crippen molar-refractivity contribution >= 4 is 6.09 Å². The molecule has 4 aromatic carbocycles. The molecule has 12 heteroatoms. The van der Waals surface area contributed by atoms with Gasteiger partial charge in [-0.05, 0) is 91.6 Å². The molecule has 1 aromatic heterocycles. The summed E-state index contributed by atoms with van der Waals surface area (Å²) in [4.78, 5) is 16.9. The summed E-state index contributed by atoms with van der Waals surface area (Å²) in [5, 5.41) is 12.5. The molecule has 53 heavy (non-hydrogen) atoms. The molecular formula is C41H45N3O9. The van der Waals surface area contributed by atoms with Crippen molar-refractivity contribution in [3.63, 3.8) is 0 Å². The molecule has 1 amide bonds. The molecule has 0 fully saturated rings. The van der Waals surface area contributed by atoms with Crippen LogP contribution in [0.3, 0.4) is 0 Å². The zero-order chi connectivity index (χ0) is 37.4. The lowest BCUT2D eigenvalue weighted by Gasteiger charge is -2.25. The number of amides is 1. The van der Waals surface area contributed by atoms with Gasteiger partial charge in [0.25, 0.3) is 6.29 Å². The highest BCUT2D eigenvalue weighted by Crippen LogP contribution is 2.42. The predicted molar refractivity (Wildman–Crippen MR) is 197 cm³/mol. The Morgan fingerprint density at radius 2 is 1.45 bits per heavy atom. The number of hydrogen-bond donors (Lipinski definition) is 2. The van der Waals surface area contributed by atoms with Crippen LogP contribution in [-0.4, -0.2) is 53.4 Å². The third kappa shape index (κ3) is 9.72. The SMILES string of the molecule is COc1ccc(COc2ccc(C(C3Oc4ccc(CO)cc4O3)n3cnc(CCNC(=O)OC(C)(C)C)c3)cc2OCc2ccc(OC)cc2)cc1. The summed E-state index contributed by atoms with van der Waals surface area (Å²) < 4.78 is 43.4. The second-order valence-corrected chi connectivity index (χ2v) is 13.5. The molecule has 0 bridgehead atoms. The van der Waals surface area contributed by atoms with Crippen molar-refractivity contribution in [3.05, 3.63) is 125 Å². The summed E-state index contributed by atoms with van der Waals surface area (Å²) >= 11 is 0. The van der Waals surface area contributed by atoms with Crippen molar-refractivity contribution in [2.24, 2.45) is 0 Å². The van der Waals surface area contributed by atoms with Crippen molar-refractivity contribution in [2.45, 2.75) is 64.9 Å². The summed E-state index contributed by atoms with van der Waals surface area (Å²) in [6.45, 7) is 6.26. The Kier molecular flexibility index (Phi) is 11.6. The molecule has 278 valence electrons. The fraction of sp³-hybridized carbons (Fsp3) is 0.317. The summed E-state index contributed by atoms with van der Waals surface area (Å²) in [7, 11) is 3.26. The van der Waals surface area contributed by atoms with E-state index >= 15 is 0 Å². The molecule has 2 heterocycles. The van der Waals surface area contributed by atoms with Gasteiger partial charge >= 0.3 is 6.09 Å². The maximum absolute atomic E-state index is 12.2. The summed E-state index contributed by atoms with van der Waals surface area (Å²) in [5.41, 5.74) is 3.59. The van der Waals surface area contributed by atoms with Crippen molar-refractivity contribution in [3.8, 4) is 34.5 Å². The molecule has 1 aliphatic heterocycles. The van der Waals surface area contributed by atoms with Crippen LogP contribution >= 0.6 is 0 Å². The van der Waals surface area contributed by atoms with Gasteiger partial charge in [-0.1, -0.05) is 36.4 Å². The predicted octanol–water partition coefficient (Wildman–Crippen LogP) is 7.00. The third-order valence-corrected chi connectivity index (χ3v) is 8.38. The molecule has 2 unspecified atom stereocenters. The summed E-state index contributed by atoms with van der Waals surface area (Å²) in [5.74, 6) is 3.70. The average Bonchev–Trinajstić information content (AvgIpc) is 3.80. The average molecular weight is 724 g/mol. The number of nitrogens with zero attached hydrogens (tertiary/aromatic N) is 2. The molecule has 0 spiro atoms. The number of aliphatic hydroxyl groups excluding tert-OH is 1. The first-order chi connectivity index (χ1) is 25.6. The number of fused-ring (bicyclic) bond motifs is 1. The van der Waals surface area contributed by atoms with Gasteiger partial charge in [-0.2, -0.15) is 0 Å². The topological polar surface area (TPSA) is 132 Å². The lowest BCUT2D eigenvalue weighted by atomic mass is 10.0. The number of aromatic nitrogens is 2. The number of alkyl carbamates (subject to hydrolysis) is 1. The second kappa shape index (κ2) is 16.6. The Morgan fingerprint density at radius 1 is 0.830 bits per heavy atom. The smallest absolute Gasteiger partial charge is 0.407 e. The molecule has 1 aliphatic rings. The van der Waals surface area contributed by atoms with Gasteiger partial charge in [0.1, 0.15) is 36.4 Å². The zero-order valence-electron chi connectivity index (χ0n) is 30.5. The monoisotopic (exact) mass is 723 g/mol. The van der Waals surface area contributed by atoms with E-state index in [0.29, 0.717) is 48.1 Å². The number of nitrogens with one attached hydrogen (secondary N) is 1. The number of ether oxygens (including phenoxy) is 7. The second-order valence-electron chi connectivity index (χ2n) is 13.5. The van der Waals surface area contributed by atoms with Gasteiger partial charge in [0, 0.05) is 19.2 Å². The number of aliphatic hydroxyl groups is 1. The normalized spacial score (nSPS) is 14.0. The molecule has 6 rings (SSSR count). The van der Waals surface area contributed by atoms with E-state index < -0.39 is 24.0 Å². The fourth-order valence-electron chi connectivity index (χ4n) is 5.69. The number of rotatable bonds is 15. The number of carbonyl (C=O) groups is 1. The summed E-state index contributed by atoms with van der Waals surface area (Å²) in [6, 6.07) is 26.0. The van der Waals surface area contributed by atoms with Crippen LogP contribution in [0.2, 0.25) is 0 Å². The van der Waals surface area contributed by atoms with Gasteiger partial charge in [-0.25, -0.2) is 9.78 Å². The third-order valence-electron chi connectivity index (χ3n) is 8.38. The summed E-state index contributed by atoms with van der Waals surface area (Å²) in [6.07, 6.45) is 2.82. The van der Waals surface area contributed by atoms with Crippen LogP contribution in [0.15, 0.2) is 97.5 Å². The molecule has 0 saturated heterocycles. The van der Waals surface area contributed by atoms with Crippen LogP contribution in [-0.2, 0) is 31.0 Å². The van der Waals surface area contributed by atoms with Gasteiger partial charge in [0.05, 0.1) is 32.8 Å². The van der Waals surface area contributed by atoms with E-state index in [-0.39, 0.29) is 13.2 Å². The molecule has 0 saturated carbocycles. The lowest BCUT2D eigenvalue weighted by Crippen LogP contribution is -2.33. The van der Waals surface area contributed by atoms with Crippen LogP contribution in [0.25, 0.3) is 0 Å². The standard InChI is InChI=1S/C41H45N3O9/c1-41(2,3)53-40(46)42-19-18-31-22-44(26-43-31)38(39-51-35-16-10-29(23-45)20-37(35)52-39)30-11-17-34(49-24-27-6-12-32(47-4)13-7-27)36(21-30)50-25-28-8-14-33(48-5)15-9-28/h6-17,20-22,26,38-39,45H,18-19,23-25H2,1-5H3,(H,42,46). The number of hydrogen-bond acceptors (Lipinski definition) is 10. The molecule has 0 radical (unpaired) electrons. The van der Waals surface area contributed by atoms with Crippen molar-refractivity contribution in [2.75, 3.05) is 20.8 Å². The van der Waals surface area contributed by atoms with E-state index in [1.165, 1.54) is 0 Å². The highest BCUT2D eigenvalue weighted by Gasteiger charge is 2.35. The Hall–Kier alpha value is -5.88. The van der Waals surface area contributed by atoms with E-state index in [9.17, 15) is 9.90 Å². The van der Waals surface area contributed by atoms with Crippen LogP contribution in [0.5, 0.6) is 34.5 Å². The van der Waals surface area contributed by atoms with Gasteiger partial charge < -0.3 is 48.1 Å². The first kappa shape index (κ1) is 36.9. The van der Waals surface area contributed by atoms with Crippen LogP contribution in [0.1, 0.15) is 54.8 Å². The number of benzene rings is 4. The van der Waals surface area contributed by atoms with Crippen LogP contribution in [0, 0.1) is 0 Å². The van der Waals surface area contributed by atoms with Crippen molar-refractivity contribution < 1.29 is 43.1 Å². The number of imidazole rings is 1. The molecule has 12 nitrogen and oxygen atoms in total.